The van der Waals surface area contributed by atoms with E-state index in [1.54, 1.807) is 6.92 Å². The van der Waals surface area contributed by atoms with Crippen LogP contribution < -0.4 is 11.1 Å². The van der Waals surface area contributed by atoms with Gasteiger partial charge in [0, 0.05) is 11.7 Å². The van der Waals surface area contributed by atoms with Gasteiger partial charge in [0.05, 0.1) is 6.54 Å². The van der Waals surface area contributed by atoms with Crippen LogP contribution in [-0.2, 0) is 4.79 Å². The molecule has 0 radical (unpaired) electrons. The normalized spacial score (nSPS) is 18.0. The summed E-state index contributed by atoms with van der Waals surface area (Å²) in [5, 5.41) is 3.14. The second-order valence-corrected chi connectivity index (χ2v) is 4.11. The van der Waals surface area contributed by atoms with E-state index in [9.17, 15) is 4.79 Å². The fourth-order valence-electron chi connectivity index (χ4n) is 1.98. The van der Waals surface area contributed by atoms with Gasteiger partial charge >= 0.3 is 0 Å². The van der Waals surface area contributed by atoms with Gasteiger partial charge in [-0.1, -0.05) is 24.3 Å². The molecule has 0 amide bonds. The Morgan fingerprint density at radius 2 is 2.38 bits per heavy atom. The third kappa shape index (κ3) is 2.14. The van der Waals surface area contributed by atoms with Crippen LogP contribution in [0.1, 0.15) is 30.5 Å². The molecule has 0 saturated carbocycles. The number of carbonyl (C=O) groups is 1. The van der Waals surface area contributed by atoms with E-state index in [0.29, 0.717) is 6.54 Å². The molecule has 3 nitrogen and oxygen atoms in total. The van der Waals surface area contributed by atoms with Crippen molar-refractivity contribution in [2.75, 3.05) is 11.9 Å². The first-order chi connectivity index (χ1) is 7.68. The number of carbonyl (C=O) groups excluding carboxylic acids is 1. The molecule has 16 heavy (non-hydrogen) atoms. The van der Waals surface area contributed by atoms with Crippen molar-refractivity contribution in [1.82, 2.24) is 0 Å². The first kappa shape index (κ1) is 10.9. The summed E-state index contributed by atoms with van der Waals surface area (Å²) in [7, 11) is 0. The van der Waals surface area contributed by atoms with E-state index >= 15 is 0 Å². The number of ketones is 1. The lowest BCUT2D eigenvalue weighted by molar-refractivity contribution is -0.115. The van der Waals surface area contributed by atoms with Gasteiger partial charge < -0.3 is 11.1 Å². The van der Waals surface area contributed by atoms with Crippen molar-refractivity contribution >= 4 is 17.5 Å². The van der Waals surface area contributed by atoms with Crippen LogP contribution in [-0.4, -0.2) is 12.3 Å². The van der Waals surface area contributed by atoms with E-state index in [4.69, 9.17) is 5.73 Å². The molecule has 0 aromatic heterocycles. The molecule has 3 N–H and O–H groups in total. The van der Waals surface area contributed by atoms with E-state index < -0.39 is 0 Å². The summed E-state index contributed by atoms with van der Waals surface area (Å²) in [6.45, 7) is 1.93. The maximum atomic E-state index is 11.0. The lowest BCUT2D eigenvalue weighted by Gasteiger charge is -2.21. The summed E-state index contributed by atoms with van der Waals surface area (Å²) in [6.07, 6.45) is 5.02. The van der Waals surface area contributed by atoms with Gasteiger partial charge in [0.25, 0.3) is 0 Å². The molecule has 0 bridgehead atoms. The number of nitrogens with one attached hydrogen (secondary N) is 1. The minimum atomic E-state index is 0.0238. The van der Waals surface area contributed by atoms with Crippen molar-refractivity contribution < 1.29 is 4.79 Å². The van der Waals surface area contributed by atoms with Crippen LogP contribution in [0.15, 0.2) is 24.3 Å². The van der Waals surface area contributed by atoms with Gasteiger partial charge in [0.15, 0.2) is 0 Å². The van der Waals surface area contributed by atoms with Crippen molar-refractivity contribution in [3.8, 4) is 0 Å². The third-order valence-corrected chi connectivity index (χ3v) is 2.73. The van der Waals surface area contributed by atoms with Crippen LogP contribution in [0, 0.1) is 0 Å². The smallest absolute Gasteiger partial charge is 0.148 e. The summed E-state index contributed by atoms with van der Waals surface area (Å²) in [5.41, 5.74) is 9.32. The highest BCUT2D eigenvalue weighted by molar-refractivity contribution is 5.81. The van der Waals surface area contributed by atoms with E-state index in [2.05, 4.69) is 17.5 Å². The molecule has 1 aromatic rings. The molecule has 1 unspecified atom stereocenters. The SMILES string of the molecule is CC(=O)CNc1cccc2c1C(N)CC=C2. The Balaban J connectivity index is 2.31. The first-order valence-electron chi connectivity index (χ1n) is 5.47. The maximum absolute atomic E-state index is 11.0. The van der Waals surface area contributed by atoms with Crippen LogP contribution in [0.25, 0.3) is 6.08 Å². The fourth-order valence-corrected chi connectivity index (χ4v) is 1.98. The van der Waals surface area contributed by atoms with Crippen molar-refractivity contribution in [3.05, 3.63) is 35.4 Å². The van der Waals surface area contributed by atoms with E-state index in [1.807, 2.05) is 18.2 Å². The number of benzene rings is 1. The topological polar surface area (TPSA) is 55.1 Å². The quantitative estimate of drug-likeness (QED) is 0.813. The van der Waals surface area contributed by atoms with Crippen molar-refractivity contribution in [2.24, 2.45) is 5.73 Å². The number of Topliss-reactive ketones (excluding diaryl/α,β-unsaturated/α-hetero) is 1. The molecule has 3 heteroatoms. The summed E-state index contributed by atoms with van der Waals surface area (Å²) in [6, 6.07) is 6.02. The third-order valence-electron chi connectivity index (χ3n) is 2.73. The fraction of sp³-hybridized carbons (Fsp3) is 0.308. The highest BCUT2D eigenvalue weighted by Crippen LogP contribution is 2.32. The van der Waals surface area contributed by atoms with Crippen LogP contribution in [0.3, 0.4) is 0 Å². The second-order valence-electron chi connectivity index (χ2n) is 4.11. The molecule has 0 fully saturated rings. The number of nitrogens with two attached hydrogens (primary N) is 1. The Bertz CT molecular complexity index is 438. The van der Waals surface area contributed by atoms with E-state index in [0.717, 1.165) is 23.2 Å². The molecule has 0 heterocycles. The van der Waals surface area contributed by atoms with E-state index in [-0.39, 0.29) is 11.8 Å². The Morgan fingerprint density at radius 3 is 3.12 bits per heavy atom. The Kier molecular flexibility index (Phi) is 3.06. The summed E-state index contributed by atoms with van der Waals surface area (Å²) < 4.78 is 0. The highest BCUT2D eigenvalue weighted by atomic mass is 16.1. The van der Waals surface area contributed by atoms with Gasteiger partial charge in [0.1, 0.15) is 5.78 Å². The average molecular weight is 216 g/mol. The average Bonchev–Trinajstić information content (AvgIpc) is 2.26. The first-order valence-corrected chi connectivity index (χ1v) is 5.47. The summed E-state index contributed by atoms with van der Waals surface area (Å²) in [4.78, 5) is 11.0. The van der Waals surface area contributed by atoms with Gasteiger partial charge in [-0.3, -0.25) is 4.79 Å². The molecular weight excluding hydrogens is 200 g/mol. The minimum absolute atomic E-state index is 0.0238. The van der Waals surface area contributed by atoms with Gasteiger partial charge in [-0.15, -0.1) is 0 Å². The molecule has 1 aromatic carbocycles. The number of hydrogen-bond donors (Lipinski definition) is 2. The monoisotopic (exact) mass is 216 g/mol. The molecule has 1 aliphatic carbocycles. The van der Waals surface area contributed by atoms with Crippen molar-refractivity contribution in [3.63, 3.8) is 0 Å². The zero-order valence-corrected chi connectivity index (χ0v) is 9.36. The molecule has 1 atom stereocenters. The van der Waals surface area contributed by atoms with Crippen LogP contribution in [0.4, 0.5) is 5.69 Å². The van der Waals surface area contributed by atoms with Crippen molar-refractivity contribution in [2.45, 2.75) is 19.4 Å². The lowest BCUT2D eigenvalue weighted by Crippen LogP contribution is -2.18. The summed E-state index contributed by atoms with van der Waals surface area (Å²) >= 11 is 0. The highest BCUT2D eigenvalue weighted by Gasteiger charge is 2.16. The van der Waals surface area contributed by atoms with E-state index in [1.165, 1.54) is 0 Å². The van der Waals surface area contributed by atoms with Crippen LogP contribution >= 0.6 is 0 Å². The minimum Gasteiger partial charge on any atom is -0.378 e. The van der Waals surface area contributed by atoms with Gasteiger partial charge in [-0.05, 0) is 30.5 Å². The number of rotatable bonds is 3. The molecular formula is C13H16N2O. The Morgan fingerprint density at radius 1 is 1.56 bits per heavy atom. The molecule has 2 rings (SSSR count). The zero-order chi connectivity index (χ0) is 11.5. The number of anilines is 1. The number of hydrogen-bond acceptors (Lipinski definition) is 3. The predicted octanol–water partition coefficient (Wildman–Crippen LogP) is 2.10. The molecule has 0 aliphatic heterocycles. The Hall–Kier alpha value is -1.61. The van der Waals surface area contributed by atoms with Crippen LogP contribution in [0.5, 0.6) is 0 Å². The van der Waals surface area contributed by atoms with Gasteiger partial charge in [-0.25, -0.2) is 0 Å². The standard InChI is InChI=1S/C13H16N2O/c1-9(16)8-15-12-7-3-5-10-4-2-6-11(14)13(10)12/h2-5,7,11,15H,6,8,14H2,1H3. The Labute approximate surface area is 95.3 Å². The van der Waals surface area contributed by atoms with Gasteiger partial charge in [0.2, 0.25) is 0 Å². The molecule has 1 aliphatic rings. The van der Waals surface area contributed by atoms with Crippen LogP contribution in [0.2, 0.25) is 0 Å². The molecule has 0 spiro atoms. The van der Waals surface area contributed by atoms with Gasteiger partial charge in [-0.2, -0.15) is 0 Å². The molecule has 0 saturated heterocycles. The predicted molar refractivity (Wildman–Crippen MR) is 66.2 cm³/mol. The zero-order valence-electron chi connectivity index (χ0n) is 9.36. The van der Waals surface area contributed by atoms with Crippen molar-refractivity contribution in [1.29, 1.82) is 0 Å². The lowest BCUT2D eigenvalue weighted by atomic mass is 9.92. The molecule has 84 valence electrons. The maximum Gasteiger partial charge on any atom is 0.148 e. The number of fused-ring (bicyclic) bond motifs is 1. The summed E-state index contributed by atoms with van der Waals surface area (Å²) in [5.74, 6) is 0.123. The second kappa shape index (κ2) is 4.49. The largest absolute Gasteiger partial charge is 0.378 e.